The van der Waals surface area contributed by atoms with Crippen molar-refractivity contribution < 1.29 is 40.2 Å². The highest BCUT2D eigenvalue weighted by atomic mass is 19.3. The van der Waals surface area contributed by atoms with Crippen LogP contribution >= 0.6 is 0 Å². The molecule has 0 aliphatic carbocycles. The minimum atomic E-state index is -4.29. The van der Waals surface area contributed by atoms with E-state index in [0.29, 0.717) is 23.3 Å². The number of alkyl halides is 2. The van der Waals surface area contributed by atoms with E-state index in [9.17, 15) is 30.7 Å². The molecule has 0 heterocycles. The molecular weight excluding hydrogens is 465 g/mol. The number of unbranched alkanes of at least 4 members (excludes halogenated alkanes) is 1. The molecule has 0 atom stereocenters. The van der Waals surface area contributed by atoms with Gasteiger partial charge in [0.25, 0.3) is 0 Å². The number of rotatable bonds is 9. The van der Waals surface area contributed by atoms with Crippen LogP contribution in [0.5, 0.6) is 11.5 Å². The first-order valence-corrected chi connectivity index (χ1v) is 10.2. The van der Waals surface area contributed by atoms with Gasteiger partial charge in [-0.25, -0.2) is 13.2 Å². The lowest BCUT2D eigenvalue weighted by atomic mass is 10.00. The summed E-state index contributed by atoms with van der Waals surface area (Å²) < 4.78 is 104. The predicted molar refractivity (Wildman–Crippen MR) is 112 cm³/mol. The largest absolute Gasteiger partial charge is 0.453 e. The zero-order chi connectivity index (χ0) is 24.9. The Balaban J connectivity index is 1.81. The molecule has 0 bridgehead atoms. The Morgan fingerprint density at radius 3 is 2.03 bits per heavy atom. The highest BCUT2D eigenvalue weighted by Gasteiger charge is 2.38. The van der Waals surface area contributed by atoms with Crippen LogP contribution in [-0.4, -0.2) is 0 Å². The third-order valence-corrected chi connectivity index (χ3v) is 4.87. The summed E-state index contributed by atoms with van der Waals surface area (Å²) in [6.45, 7) is 2.07. The highest BCUT2D eigenvalue weighted by molar-refractivity contribution is 5.64. The monoisotopic (exact) mass is 484 g/mol. The van der Waals surface area contributed by atoms with Gasteiger partial charge in [-0.2, -0.15) is 17.6 Å². The van der Waals surface area contributed by atoms with Gasteiger partial charge in [0.15, 0.2) is 23.6 Å². The molecule has 0 N–H and O–H groups in total. The zero-order valence-electron chi connectivity index (χ0n) is 17.9. The van der Waals surface area contributed by atoms with Crippen LogP contribution in [0.25, 0.3) is 11.1 Å². The standard InChI is InChI=1S/C25H19F7O2/c1-2-3-4-15-5-7-16(8-6-15)17-9-10-19(20(26)11-17)25(31,32)34-18-12-21(27)24(22(28)13-18)33-14-23(29)30/h5-14H,2-4H2,1H3. The molecular formula is C25H19F7O2. The van der Waals surface area contributed by atoms with Gasteiger partial charge in [0, 0.05) is 12.1 Å². The summed E-state index contributed by atoms with van der Waals surface area (Å²) in [6.07, 6.45) is -3.92. The molecule has 3 aromatic carbocycles. The number of hydrogen-bond donors (Lipinski definition) is 0. The molecule has 0 fully saturated rings. The molecule has 180 valence electrons. The van der Waals surface area contributed by atoms with Gasteiger partial charge in [-0.05, 0) is 41.7 Å². The molecule has 0 unspecified atom stereocenters. The second-order valence-electron chi connectivity index (χ2n) is 7.36. The molecule has 0 aromatic heterocycles. The predicted octanol–water partition coefficient (Wildman–Crippen LogP) is 8.36. The molecule has 0 radical (unpaired) electrons. The molecule has 0 amide bonds. The molecule has 2 nitrogen and oxygen atoms in total. The van der Waals surface area contributed by atoms with Gasteiger partial charge in [-0.1, -0.05) is 43.7 Å². The van der Waals surface area contributed by atoms with Crippen molar-refractivity contribution in [2.24, 2.45) is 0 Å². The van der Waals surface area contributed by atoms with Gasteiger partial charge >= 0.3 is 12.2 Å². The molecule has 34 heavy (non-hydrogen) atoms. The summed E-state index contributed by atoms with van der Waals surface area (Å²) in [5.74, 6) is -6.66. The average Bonchev–Trinajstić information content (AvgIpc) is 2.76. The van der Waals surface area contributed by atoms with Crippen LogP contribution in [0.3, 0.4) is 0 Å². The SMILES string of the molecule is CCCCc1ccc(-c2ccc(C(F)(F)Oc3cc(F)c(OC=C(F)F)c(F)c3)c(F)c2)cc1. The summed E-state index contributed by atoms with van der Waals surface area (Å²) in [4.78, 5) is 0. The second kappa shape index (κ2) is 10.6. The summed E-state index contributed by atoms with van der Waals surface area (Å²) in [5, 5.41) is 0. The van der Waals surface area contributed by atoms with E-state index in [1.807, 2.05) is 12.1 Å². The quantitative estimate of drug-likeness (QED) is 0.224. The fraction of sp³-hybridized carbons (Fsp3) is 0.200. The molecule has 0 aliphatic heterocycles. The molecule has 0 saturated carbocycles. The Hall–Kier alpha value is -3.49. The van der Waals surface area contributed by atoms with Gasteiger partial charge in [-0.3, -0.25) is 0 Å². The van der Waals surface area contributed by atoms with Crippen molar-refractivity contribution in [3.63, 3.8) is 0 Å². The third-order valence-electron chi connectivity index (χ3n) is 4.87. The van der Waals surface area contributed by atoms with Crippen LogP contribution in [0.2, 0.25) is 0 Å². The van der Waals surface area contributed by atoms with Crippen molar-refractivity contribution >= 4 is 0 Å². The lowest BCUT2D eigenvalue weighted by Gasteiger charge is -2.20. The van der Waals surface area contributed by atoms with E-state index in [2.05, 4.69) is 16.4 Å². The number of hydrogen-bond acceptors (Lipinski definition) is 2. The van der Waals surface area contributed by atoms with E-state index < -0.39 is 46.7 Å². The normalized spacial score (nSPS) is 11.3. The minimum Gasteiger partial charge on any atom is -0.453 e. The average molecular weight is 484 g/mol. The molecule has 0 saturated heterocycles. The lowest BCUT2D eigenvalue weighted by Crippen LogP contribution is -2.23. The van der Waals surface area contributed by atoms with Crippen molar-refractivity contribution in [1.29, 1.82) is 0 Å². The van der Waals surface area contributed by atoms with Crippen LogP contribution in [0.1, 0.15) is 30.9 Å². The van der Waals surface area contributed by atoms with Gasteiger partial charge in [0.1, 0.15) is 11.6 Å². The zero-order valence-corrected chi connectivity index (χ0v) is 17.9. The van der Waals surface area contributed by atoms with Crippen LogP contribution < -0.4 is 9.47 Å². The minimum absolute atomic E-state index is 0.216. The van der Waals surface area contributed by atoms with E-state index in [4.69, 9.17) is 0 Å². The first-order chi connectivity index (χ1) is 16.1. The summed E-state index contributed by atoms with van der Waals surface area (Å²) in [6, 6.07) is 10.9. The summed E-state index contributed by atoms with van der Waals surface area (Å²) in [5.41, 5.74) is 0.919. The number of halogens is 7. The maximum atomic E-state index is 14.6. The topological polar surface area (TPSA) is 18.5 Å². The summed E-state index contributed by atoms with van der Waals surface area (Å²) >= 11 is 0. The van der Waals surface area contributed by atoms with Gasteiger partial charge in [0.2, 0.25) is 0 Å². The third kappa shape index (κ3) is 6.09. The number of ether oxygens (including phenoxy) is 2. The fourth-order valence-electron chi connectivity index (χ4n) is 3.19. The maximum absolute atomic E-state index is 14.6. The second-order valence-corrected chi connectivity index (χ2v) is 7.36. The first-order valence-electron chi connectivity index (χ1n) is 10.2. The molecule has 3 rings (SSSR count). The Morgan fingerprint density at radius 2 is 1.47 bits per heavy atom. The number of aryl methyl sites for hydroxylation is 1. The highest BCUT2D eigenvalue weighted by Crippen LogP contribution is 2.37. The molecule has 0 spiro atoms. The fourth-order valence-corrected chi connectivity index (χ4v) is 3.19. The van der Waals surface area contributed by atoms with Gasteiger partial charge in [0.05, 0.1) is 5.56 Å². The van der Waals surface area contributed by atoms with Crippen LogP contribution in [0.4, 0.5) is 30.7 Å². The smallest absolute Gasteiger partial charge is 0.429 e. The van der Waals surface area contributed by atoms with Crippen molar-refractivity contribution in [1.82, 2.24) is 0 Å². The number of benzene rings is 3. The van der Waals surface area contributed by atoms with Gasteiger partial charge in [-0.15, -0.1) is 0 Å². The molecule has 3 aromatic rings. The van der Waals surface area contributed by atoms with E-state index in [-0.39, 0.29) is 6.26 Å². The van der Waals surface area contributed by atoms with Crippen LogP contribution in [0, 0.1) is 17.5 Å². The first kappa shape index (κ1) is 25.1. The Kier molecular flexibility index (Phi) is 7.86. The van der Waals surface area contributed by atoms with Crippen molar-refractivity contribution in [3.05, 3.63) is 95.5 Å². The van der Waals surface area contributed by atoms with Gasteiger partial charge < -0.3 is 9.47 Å². The Morgan fingerprint density at radius 1 is 0.853 bits per heavy atom. The van der Waals surface area contributed by atoms with Crippen LogP contribution in [-0.2, 0) is 12.5 Å². The maximum Gasteiger partial charge on any atom is 0.429 e. The van der Waals surface area contributed by atoms with Crippen molar-refractivity contribution in [2.45, 2.75) is 32.3 Å². The van der Waals surface area contributed by atoms with E-state index in [1.54, 1.807) is 12.1 Å². The van der Waals surface area contributed by atoms with E-state index in [0.717, 1.165) is 37.0 Å². The van der Waals surface area contributed by atoms with Crippen molar-refractivity contribution in [3.8, 4) is 22.6 Å². The van der Waals surface area contributed by atoms with Crippen molar-refractivity contribution in [2.75, 3.05) is 0 Å². The Bertz CT molecular complexity index is 1150. The lowest BCUT2D eigenvalue weighted by molar-refractivity contribution is -0.187. The van der Waals surface area contributed by atoms with E-state index >= 15 is 0 Å². The molecule has 0 aliphatic rings. The van der Waals surface area contributed by atoms with E-state index in [1.165, 1.54) is 6.07 Å². The molecule has 9 heteroatoms. The summed E-state index contributed by atoms with van der Waals surface area (Å²) in [7, 11) is 0. The van der Waals surface area contributed by atoms with Crippen LogP contribution in [0.15, 0.2) is 66.9 Å². The Labute approximate surface area is 191 Å².